The highest BCUT2D eigenvalue weighted by Crippen LogP contribution is 2.34. The van der Waals surface area contributed by atoms with Gasteiger partial charge < -0.3 is 14.8 Å². The van der Waals surface area contributed by atoms with Gasteiger partial charge in [0.05, 0.1) is 11.8 Å². The van der Waals surface area contributed by atoms with Crippen molar-refractivity contribution in [2.24, 2.45) is 0 Å². The molecule has 1 aliphatic rings. The number of carbonyl (C=O) groups is 2. The molecule has 1 N–H and O–H groups in total. The molecule has 9 heteroatoms. The lowest BCUT2D eigenvalue weighted by Crippen LogP contribution is -2.32. The van der Waals surface area contributed by atoms with Crippen LogP contribution in [0.3, 0.4) is 0 Å². The minimum atomic E-state index is -0.151. The lowest BCUT2D eigenvalue weighted by Gasteiger charge is -2.24. The Labute approximate surface area is 218 Å². The Hall–Kier alpha value is -3.36. The van der Waals surface area contributed by atoms with Gasteiger partial charge in [-0.25, -0.2) is 0 Å². The van der Waals surface area contributed by atoms with E-state index in [0.717, 1.165) is 35.1 Å². The number of carbonyl (C=O) groups excluding carboxylic acids is 2. The maximum Gasteiger partial charge on any atom is 0.254 e. The van der Waals surface area contributed by atoms with E-state index in [2.05, 4.69) is 15.5 Å². The van der Waals surface area contributed by atoms with E-state index in [-0.39, 0.29) is 23.6 Å². The molecule has 1 aromatic heterocycles. The first-order valence-electron chi connectivity index (χ1n) is 11.9. The smallest absolute Gasteiger partial charge is 0.254 e. The molecule has 0 spiro atoms. The molecule has 2 heterocycles. The molecule has 3 aromatic carbocycles. The number of halogens is 1. The van der Waals surface area contributed by atoms with E-state index in [1.54, 1.807) is 24.3 Å². The largest absolute Gasteiger partial charge is 0.328 e. The molecule has 0 bridgehead atoms. The molecule has 1 fully saturated rings. The summed E-state index contributed by atoms with van der Waals surface area (Å²) in [4.78, 5) is 27.7. The molecular weight excluding hydrogens is 494 g/mol. The van der Waals surface area contributed by atoms with E-state index in [0.29, 0.717) is 28.8 Å². The van der Waals surface area contributed by atoms with Gasteiger partial charge in [-0.15, -0.1) is 10.2 Å². The second-order valence-corrected chi connectivity index (χ2v) is 10.0. The van der Waals surface area contributed by atoms with Crippen LogP contribution in [0.25, 0.3) is 10.8 Å². The minimum Gasteiger partial charge on any atom is -0.328 e. The average Bonchev–Trinajstić information content (AvgIpc) is 3.54. The number of nitrogens with zero attached hydrogens (tertiary/aromatic N) is 4. The highest BCUT2D eigenvalue weighted by Gasteiger charge is 2.34. The zero-order valence-corrected chi connectivity index (χ0v) is 21.4. The molecule has 1 atom stereocenters. The lowest BCUT2D eigenvalue weighted by atomic mass is 10.1. The molecule has 0 radical (unpaired) electrons. The van der Waals surface area contributed by atoms with E-state index < -0.39 is 0 Å². The summed E-state index contributed by atoms with van der Waals surface area (Å²) in [5.74, 6) is 0.824. The van der Waals surface area contributed by atoms with Gasteiger partial charge in [-0.2, -0.15) is 0 Å². The monoisotopic (exact) mass is 519 g/mol. The Morgan fingerprint density at radius 1 is 1.06 bits per heavy atom. The zero-order chi connectivity index (χ0) is 25.1. The predicted molar refractivity (Wildman–Crippen MR) is 143 cm³/mol. The van der Waals surface area contributed by atoms with Crippen molar-refractivity contribution in [2.75, 3.05) is 17.6 Å². The number of benzene rings is 3. The molecule has 1 unspecified atom stereocenters. The topological polar surface area (TPSA) is 80.1 Å². The Morgan fingerprint density at radius 2 is 1.83 bits per heavy atom. The summed E-state index contributed by atoms with van der Waals surface area (Å²) in [5, 5.41) is 15.3. The van der Waals surface area contributed by atoms with Gasteiger partial charge >= 0.3 is 0 Å². The number of aromatic nitrogens is 3. The van der Waals surface area contributed by atoms with Crippen molar-refractivity contribution in [1.82, 2.24) is 19.7 Å². The number of amides is 2. The van der Waals surface area contributed by atoms with Crippen LogP contribution < -0.4 is 5.32 Å². The Balaban J connectivity index is 1.26. The van der Waals surface area contributed by atoms with Crippen LogP contribution in [-0.2, 0) is 11.3 Å². The van der Waals surface area contributed by atoms with Gasteiger partial charge in [-0.05, 0) is 66.9 Å². The van der Waals surface area contributed by atoms with Gasteiger partial charge in [0, 0.05) is 29.4 Å². The summed E-state index contributed by atoms with van der Waals surface area (Å²) in [7, 11) is 0. The first-order chi connectivity index (χ1) is 17.5. The minimum absolute atomic E-state index is 0.0382. The molecule has 4 aromatic rings. The van der Waals surface area contributed by atoms with E-state index in [9.17, 15) is 9.59 Å². The first kappa shape index (κ1) is 24.3. The summed E-state index contributed by atoms with van der Waals surface area (Å²) in [6.45, 7) is 3.34. The van der Waals surface area contributed by atoms with Crippen LogP contribution in [-0.4, -0.2) is 43.8 Å². The van der Waals surface area contributed by atoms with Crippen molar-refractivity contribution >= 4 is 51.6 Å². The number of anilines is 1. The summed E-state index contributed by atoms with van der Waals surface area (Å²) in [6.07, 6.45) is 1.72. The van der Waals surface area contributed by atoms with Crippen LogP contribution in [0, 0.1) is 0 Å². The Bertz CT molecular complexity index is 1410. The summed E-state index contributed by atoms with van der Waals surface area (Å²) in [5.41, 5.74) is 1.37. The molecule has 184 valence electrons. The third-order valence-corrected chi connectivity index (χ3v) is 7.55. The van der Waals surface area contributed by atoms with Crippen LogP contribution in [0.5, 0.6) is 0 Å². The normalized spacial score (nSPS) is 15.4. The molecule has 2 amide bonds. The van der Waals surface area contributed by atoms with Crippen molar-refractivity contribution in [1.29, 1.82) is 0 Å². The average molecular weight is 520 g/mol. The maximum absolute atomic E-state index is 13.2. The lowest BCUT2D eigenvalue weighted by molar-refractivity contribution is -0.113. The Kier molecular flexibility index (Phi) is 7.25. The third kappa shape index (κ3) is 5.10. The number of fused-ring (bicyclic) bond motifs is 1. The Morgan fingerprint density at radius 3 is 2.61 bits per heavy atom. The van der Waals surface area contributed by atoms with Gasteiger partial charge in [-0.1, -0.05) is 53.7 Å². The van der Waals surface area contributed by atoms with Gasteiger partial charge in [-0.3, -0.25) is 9.59 Å². The van der Waals surface area contributed by atoms with Crippen molar-refractivity contribution in [3.8, 4) is 0 Å². The second-order valence-electron chi connectivity index (χ2n) is 8.65. The number of rotatable bonds is 7. The molecule has 0 saturated carbocycles. The molecule has 0 aliphatic carbocycles. The predicted octanol–water partition coefficient (Wildman–Crippen LogP) is 5.81. The molecule has 5 rings (SSSR count). The van der Waals surface area contributed by atoms with E-state index in [4.69, 9.17) is 11.6 Å². The van der Waals surface area contributed by atoms with Crippen LogP contribution in [0.2, 0.25) is 5.02 Å². The quantitative estimate of drug-likeness (QED) is 0.311. The summed E-state index contributed by atoms with van der Waals surface area (Å²) < 4.78 is 2.01. The van der Waals surface area contributed by atoms with E-state index in [1.807, 2.05) is 58.9 Å². The first-order valence-corrected chi connectivity index (χ1v) is 13.3. The maximum atomic E-state index is 13.2. The number of likely N-dealkylation sites (tertiary alicyclic amines) is 1. The fourth-order valence-electron chi connectivity index (χ4n) is 4.58. The molecule has 7 nitrogen and oxygen atoms in total. The highest BCUT2D eigenvalue weighted by atomic mass is 35.5. The molecule has 1 saturated heterocycles. The number of hydrogen-bond donors (Lipinski definition) is 1. The van der Waals surface area contributed by atoms with Gasteiger partial charge in [0.25, 0.3) is 5.91 Å². The number of hydrogen-bond acceptors (Lipinski definition) is 5. The molecular formula is C27H26ClN5O2S. The zero-order valence-electron chi connectivity index (χ0n) is 19.9. The van der Waals surface area contributed by atoms with Crippen molar-refractivity contribution in [3.63, 3.8) is 0 Å². The fourth-order valence-corrected chi connectivity index (χ4v) is 5.52. The van der Waals surface area contributed by atoms with Gasteiger partial charge in [0.2, 0.25) is 5.91 Å². The van der Waals surface area contributed by atoms with Crippen molar-refractivity contribution < 1.29 is 9.59 Å². The number of thioether (sulfide) groups is 1. The van der Waals surface area contributed by atoms with Crippen molar-refractivity contribution in [2.45, 2.75) is 37.5 Å². The fraction of sp³-hybridized carbons (Fsp3) is 0.259. The summed E-state index contributed by atoms with van der Waals surface area (Å²) >= 11 is 7.34. The molecule has 36 heavy (non-hydrogen) atoms. The van der Waals surface area contributed by atoms with E-state index >= 15 is 0 Å². The second kappa shape index (κ2) is 10.7. The molecule has 1 aliphatic heterocycles. The van der Waals surface area contributed by atoms with Gasteiger partial charge in [0.1, 0.15) is 0 Å². The number of nitrogens with one attached hydrogen (secondary N) is 1. The van der Waals surface area contributed by atoms with Gasteiger partial charge in [0.15, 0.2) is 11.0 Å². The van der Waals surface area contributed by atoms with E-state index in [1.165, 1.54) is 11.8 Å². The standard InChI is InChI=1S/C27H26ClN5O2S/c1-2-32-25(23-8-5-15-33(23)26(35)19-9-12-21(28)13-10-19)30-31-27(32)36-17-24(34)29-22-14-11-18-6-3-4-7-20(18)16-22/h3-4,6-7,9-14,16,23H,2,5,8,15,17H2,1H3,(H,29,34). The van der Waals surface area contributed by atoms with Crippen LogP contribution in [0.4, 0.5) is 5.69 Å². The van der Waals surface area contributed by atoms with Crippen LogP contribution in [0.15, 0.2) is 71.9 Å². The third-order valence-electron chi connectivity index (χ3n) is 6.33. The van der Waals surface area contributed by atoms with Crippen LogP contribution in [0.1, 0.15) is 42.0 Å². The van der Waals surface area contributed by atoms with Crippen LogP contribution >= 0.6 is 23.4 Å². The summed E-state index contributed by atoms with van der Waals surface area (Å²) in [6, 6.07) is 20.7. The van der Waals surface area contributed by atoms with Crippen molar-refractivity contribution in [3.05, 3.63) is 83.1 Å². The highest BCUT2D eigenvalue weighted by molar-refractivity contribution is 7.99. The SMILES string of the molecule is CCn1c(SCC(=O)Nc2ccc3ccccc3c2)nnc1C1CCCN1C(=O)c1ccc(Cl)cc1.